The van der Waals surface area contributed by atoms with Crippen molar-refractivity contribution in [1.82, 2.24) is 19.9 Å². The number of carbonyl (C=O) groups is 1. The molecule has 26 heavy (non-hydrogen) atoms. The van der Waals surface area contributed by atoms with Crippen LogP contribution >= 0.6 is 0 Å². The van der Waals surface area contributed by atoms with E-state index in [0.29, 0.717) is 25.0 Å². The van der Waals surface area contributed by atoms with Gasteiger partial charge in [-0.25, -0.2) is 14.4 Å². The first-order valence-corrected chi connectivity index (χ1v) is 9.50. The lowest BCUT2D eigenvalue weighted by molar-refractivity contribution is -0.116. The largest absolute Gasteiger partial charge is 0.356 e. The lowest BCUT2D eigenvalue weighted by Crippen LogP contribution is -2.54. The SMILES string of the molecule is CN(c1ncnc2[nH]ccc12)C1CCC(C[C@@H](C=O)N2CC(F)C2)CC1. The van der Waals surface area contributed by atoms with Gasteiger partial charge in [-0.05, 0) is 44.1 Å². The number of aldehydes is 1. The highest BCUT2D eigenvalue weighted by Crippen LogP contribution is 2.34. The Morgan fingerprint density at radius 2 is 2.12 bits per heavy atom. The highest BCUT2D eigenvalue weighted by Gasteiger charge is 2.34. The number of aromatic nitrogens is 3. The second-order valence-electron chi connectivity index (χ2n) is 7.71. The van der Waals surface area contributed by atoms with E-state index < -0.39 is 6.17 Å². The Balaban J connectivity index is 1.34. The van der Waals surface area contributed by atoms with Crippen molar-refractivity contribution in [1.29, 1.82) is 0 Å². The molecule has 140 valence electrons. The van der Waals surface area contributed by atoms with Gasteiger partial charge in [0.05, 0.1) is 11.4 Å². The minimum absolute atomic E-state index is 0.109. The van der Waals surface area contributed by atoms with E-state index in [4.69, 9.17) is 0 Å². The van der Waals surface area contributed by atoms with Gasteiger partial charge in [0.2, 0.25) is 0 Å². The van der Waals surface area contributed by atoms with Crippen molar-refractivity contribution in [2.75, 3.05) is 25.0 Å². The first-order valence-electron chi connectivity index (χ1n) is 9.50. The molecule has 1 aliphatic carbocycles. The fraction of sp³-hybridized carbons (Fsp3) is 0.632. The van der Waals surface area contributed by atoms with Crippen LogP contribution in [0.4, 0.5) is 10.2 Å². The number of carbonyl (C=O) groups excluding carboxylic acids is 1. The molecule has 4 rings (SSSR count). The summed E-state index contributed by atoms with van der Waals surface area (Å²) in [6.45, 7) is 0.837. The van der Waals surface area contributed by atoms with Gasteiger partial charge in [0, 0.05) is 32.4 Å². The number of aromatic amines is 1. The molecule has 1 aliphatic heterocycles. The maximum atomic E-state index is 13.1. The van der Waals surface area contributed by atoms with Gasteiger partial charge in [-0.3, -0.25) is 4.90 Å². The lowest BCUT2D eigenvalue weighted by atomic mass is 9.81. The van der Waals surface area contributed by atoms with Crippen molar-refractivity contribution in [3.63, 3.8) is 0 Å². The Hall–Kier alpha value is -2.02. The Kier molecular flexibility index (Phi) is 4.89. The van der Waals surface area contributed by atoms with Crippen LogP contribution in [-0.4, -0.2) is 64.5 Å². The molecule has 1 N–H and O–H groups in total. The van der Waals surface area contributed by atoms with E-state index >= 15 is 0 Å². The highest BCUT2D eigenvalue weighted by atomic mass is 19.1. The van der Waals surface area contributed by atoms with Crippen molar-refractivity contribution < 1.29 is 9.18 Å². The minimum atomic E-state index is -0.750. The van der Waals surface area contributed by atoms with Crippen LogP contribution in [0.3, 0.4) is 0 Å². The monoisotopic (exact) mass is 359 g/mol. The third-order valence-corrected chi connectivity index (χ3v) is 6.10. The molecule has 2 aromatic rings. The van der Waals surface area contributed by atoms with Crippen LogP contribution < -0.4 is 4.90 Å². The number of likely N-dealkylation sites (tertiary alicyclic amines) is 1. The predicted molar refractivity (Wildman–Crippen MR) is 99.0 cm³/mol. The normalized spacial score (nSPS) is 25.8. The topological polar surface area (TPSA) is 65.1 Å². The summed E-state index contributed by atoms with van der Waals surface area (Å²) in [7, 11) is 2.11. The van der Waals surface area contributed by atoms with Gasteiger partial charge in [-0.2, -0.15) is 0 Å². The average Bonchev–Trinajstić information content (AvgIpc) is 3.12. The molecule has 2 aromatic heterocycles. The van der Waals surface area contributed by atoms with Crippen molar-refractivity contribution in [2.45, 2.75) is 50.4 Å². The zero-order chi connectivity index (χ0) is 18.1. The van der Waals surface area contributed by atoms with E-state index in [1.807, 2.05) is 17.2 Å². The van der Waals surface area contributed by atoms with Gasteiger partial charge in [-0.1, -0.05) is 0 Å². The van der Waals surface area contributed by atoms with E-state index in [2.05, 4.69) is 26.9 Å². The van der Waals surface area contributed by atoms with Crippen LogP contribution in [0.25, 0.3) is 11.0 Å². The minimum Gasteiger partial charge on any atom is -0.356 e. The highest BCUT2D eigenvalue weighted by molar-refractivity contribution is 5.87. The Morgan fingerprint density at radius 1 is 1.35 bits per heavy atom. The fourth-order valence-electron chi connectivity index (χ4n) is 4.44. The van der Waals surface area contributed by atoms with E-state index in [1.54, 1.807) is 6.33 Å². The fourth-order valence-corrected chi connectivity index (χ4v) is 4.44. The van der Waals surface area contributed by atoms with E-state index in [9.17, 15) is 9.18 Å². The third-order valence-electron chi connectivity index (χ3n) is 6.10. The van der Waals surface area contributed by atoms with Crippen molar-refractivity contribution in [3.05, 3.63) is 18.6 Å². The molecule has 0 bridgehead atoms. The molecule has 7 heteroatoms. The zero-order valence-corrected chi connectivity index (χ0v) is 15.1. The van der Waals surface area contributed by atoms with Gasteiger partial charge in [0.15, 0.2) is 0 Å². The standard InChI is InChI=1S/C19H26FN5O/c1-24(19-17-6-7-21-18(17)22-12-23-19)15-4-2-13(3-5-15)8-16(11-26)25-9-14(20)10-25/h6-7,11-16H,2-5,8-10H2,1H3,(H,21,22,23)/t13?,15?,16-/m0/s1. The van der Waals surface area contributed by atoms with Crippen LogP contribution in [0.5, 0.6) is 0 Å². The summed E-state index contributed by atoms with van der Waals surface area (Å²) in [5.74, 6) is 1.52. The first-order chi connectivity index (χ1) is 12.7. The van der Waals surface area contributed by atoms with Crippen molar-refractivity contribution in [3.8, 4) is 0 Å². The molecular formula is C19H26FN5O. The molecule has 0 amide bonds. The summed E-state index contributed by atoms with van der Waals surface area (Å²) in [6, 6.07) is 2.36. The molecule has 1 saturated heterocycles. The molecule has 3 heterocycles. The van der Waals surface area contributed by atoms with Crippen LogP contribution in [0.15, 0.2) is 18.6 Å². The maximum absolute atomic E-state index is 13.1. The number of halogens is 1. The maximum Gasteiger partial charge on any atom is 0.142 e. The lowest BCUT2D eigenvalue weighted by Gasteiger charge is -2.41. The predicted octanol–water partition coefficient (Wildman–Crippen LogP) is 2.56. The molecule has 2 fully saturated rings. The molecule has 0 aromatic carbocycles. The molecule has 2 aliphatic rings. The first kappa shape index (κ1) is 17.4. The second kappa shape index (κ2) is 7.31. The molecule has 1 saturated carbocycles. The van der Waals surface area contributed by atoms with Crippen LogP contribution in [0.2, 0.25) is 0 Å². The number of H-pyrrole nitrogens is 1. The summed E-state index contributed by atoms with van der Waals surface area (Å²) in [5.41, 5.74) is 0.866. The molecular weight excluding hydrogens is 333 g/mol. The van der Waals surface area contributed by atoms with E-state index in [0.717, 1.165) is 55.2 Å². The number of alkyl halides is 1. The third kappa shape index (κ3) is 3.32. The summed E-state index contributed by atoms with van der Waals surface area (Å²) in [4.78, 5) is 27.5. The van der Waals surface area contributed by atoms with E-state index in [-0.39, 0.29) is 6.04 Å². The average molecular weight is 359 g/mol. The summed E-state index contributed by atoms with van der Waals surface area (Å²) in [6.07, 6.45) is 9.01. The number of hydrogen-bond donors (Lipinski definition) is 1. The van der Waals surface area contributed by atoms with Gasteiger partial charge in [0.1, 0.15) is 30.3 Å². The quantitative estimate of drug-likeness (QED) is 0.803. The van der Waals surface area contributed by atoms with Crippen molar-refractivity contribution in [2.24, 2.45) is 5.92 Å². The molecule has 0 radical (unpaired) electrons. The second-order valence-corrected chi connectivity index (χ2v) is 7.71. The molecule has 1 atom stereocenters. The Morgan fingerprint density at radius 3 is 2.81 bits per heavy atom. The number of nitrogens with zero attached hydrogens (tertiary/aromatic N) is 4. The van der Waals surface area contributed by atoms with E-state index in [1.165, 1.54) is 0 Å². The number of rotatable bonds is 6. The smallest absolute Gasteiger partial charge is 0.142 e. The van der Waals surface area contributed by atoms with Crippen LogP contribution in [-0.2, 0) is 4.79 Å². The Labute approximate surface area is 152 Å². The Bertz CT molecular complexity index is 751. The van der Waals surface area contributed by atoms with Crippen LogP contribution in [0, 0.1) is 5.92 Å². The molecule has 6 nitrogen and oxygen atoms in total. The molecule has 0 unspecified atom stereocenters. The zero-order valence-electron chi connectivity index (χ0n) is 15.1. The van der Waals surface area contributed by atoms with Gasteiger partial charge in [0.25, 0.3) is 0 Å². The summed E-state index contributed by atoms with van der Waals surface area (Å²) < 4.78 is 13.1. The number of nitrogens with one attached hydrogen (secondary N) is 1. The van der Waals surface area contributed by atoms with Gasteiger partial charge >= 0.3 is 0 Å². The number of fused-ring (bicyclic) bond motifs is 1. The van der Waals surface area contributed by atoms with Crippen LogP contribution in [0.1, 0.15) is 32.1 Å². The summed E-state index contributed by atoms with van der Waals surface area (Å²) in [5, 5.41) is 1.05. The number of anilines is 1. The van der Waals surface area contributed by atoms with Gasteiger partial charge in [-0.15, -0.1) is 0 Å². The van der Waals surface area contributed by atoms with Gasteiger partial charge < -0.3 is 14.7 Å². The molecule has 0 spiro atoms. The van der Waals surface area contributed by atoms with Crippen molar-refractivity contribution >= 4 is 23.1 Å². The number of hydrogen-bond acceptors (Lipinski definition) is 5. The summed E-state index contributed by atoms with van der Waals surface area (Å²) >= 11 is 0.